The maximum Gasteiger partial charge on any atom is 0.193 e. The lowest BCUT2D eigenvalue weighted by atomic mass is 9.87. The highest BCUT2D eigenvalue weighted by molar-refractivity contribution is 14.0. The van der Waals surface area contributed by atoms with Crippen LogP contribution in [0.25, 0.3) is 0 Å². The fraction of sp³-hybridized carbons (Fsp3) is 0.944. The van der Waals surface area contributed by atoms with E-state index >= 15 is 0 Å². The van der Waals surface area contributed by atoms with E-state index in [1.54, 1.807) is 0 Å². The Labute approximate surface area is 170 Å². The number of likely N-dealkylation sites (N-methyl/N-ethyl adjacent to an activating group) is 1. The highest BCUT2D eigenvalue weighted by Gasteiger charge is 2.42. The maximum atomic E-state index is 5.64. The molecule has 0 bridgehead atoms. The van der Waals surface area contributed by atoms with Crippen molar-refractivity contribution >= 4 is 29.9 Å². The molecule has 0 aliphatic carbocycles. The summed E-state index contributed by atoms with van der Waals surface area (Å²) in [4.78, 5) is 12.1. The molecule has 0 aromatic carbocycles. The molecule has 3 aliphatic heterocycles. The van der Waals surface area contributed by atoms with Crippen LogP contribution >= 0.6 is 24.0 Å². The van der Waals surface area contributed by atoms with Crippen molar-refractivity contribution in [3.8, 4) is 0 Å². The third kappa shape index (κ3) is 5.20. The molecule has 3 aliphatic rings. The first kappa shape index (κ1) is 21.2. The third-order valence-corrected chi connectivity index (χ3v) is 6.17. The van der Waals surface area contributed by atoms with Crippen LogP contribution in [0, 0.1) is 5.41 Å². The van der Waals surface area contributed by atoms with Crippen molar-refractivity contribution < 1.29 is 4.74 Å². The number of hydrogen-bond acceptors (Lipinski definition) is 4. The fourth-order valence-corrected chi connectivity index (χ4v) is 4.31. The normalized spacial score (nSPS) is 29.9. The molecule has 3 fully saturated rings. The molecule has 0 radical (unpaired) electrons. The van der Waals surface area contributed by atoms with Gasteiger partial charge >= 0.3 is 0 Å². The van der Waals surface area contributed by atoms with E-state index in [9.17, 15) is 0 Å². The second-order valence-electron chi connectivity index (χ2n) is 7.72. The number of piperazine rings is 1. The van der Waals surface area contributed by atoms with Gasteiger partial charge in [-0.2, -0.15) is 0 Å². The molecule has 2 unspecified atom stereocenters. The summed E-state index contributed by atoms with van der Waals surface area (Å²) in [6.45, 7) is 15.5. The monoisotopic (exact) mass is 465 g/mol. The molecule has 7 heteroatoms. The Hall–Kier alpha value is -0.120. The number of halogens is 1. The first-order chi connectivity index (χ1) is 11.7. The minimum atomic E-state index is 0. The van der Waals surface area contributed by atoms with Crippen LogP contribution in [0.4, 0.5) is 0 Å². The van der Waals surface area contributed by atoms with Crippen LogP contribution in [0.15, 0.2) is 4.99 Å². The van der Waals surface area contributed by atoms with Gasteiger partial charge in [0.2, 0.25) is 0 Å². The smallest absolute Gasteiger partial charge is 0.193 e. The first-order valence-electron chi connectivity index (χ1n) is 9.65. The van der Waals surface area contributed by atoms with Crippen LogP contribution in [0.3, 0.4) is 0 Å². The van der Waals surface area contributed by atoms with Gasteiger partial charge in [-0.25, -0.2) is 0 Å². The van der Waals surface area contributed by atoms with Gasteiger partial charge in [0.15, 0.2) is 5.96 Å². The molecule has 3 heterocycles. The third-order valence-electron chi connectivity index (χ3n) is 6.17. The van der Waals surface area contributed by atoms with Crippen LogP contribution in [0.1, 0.15) is 26.7 Å². The average Bonchev–Trinajstić information content (AvgIpc) is 3.26. The molecule has 146 valence electrons. The Balaban J connectivity index is 0.00000225. The summed E-state index contributed by atoms with van der Waals surface area (Å²) in [5.41, 5.74) is 0.389. The van der Waals surface area contributed by atoms with E-state index in [1.165, 1.54) is 45.6 Å². The summed E-state index contributed by atoms with van der Waals surface area (Å²) in [7, 11) is 1.91. The first-order valence-corrected chi connectivity index (χ1v) is 9.65. The predicted molar refractivity (Wildman–Crippen MR) is 114 cm³/mol. The zero-order valence-electron chi connectivity index (χ0n) is 16.2. The molecule has 2 atom stereocenters. The number of nitrogens with zero attached hydrogens (tertiary/aromatic N) is 4. The number of hydrogen-bond donors (Lipinski definition) is 1. The van der Waals surface area contributed by atoms with Crippen molar-refractivity contribution in [2.45, 2.75) is 32.7 Å². The summed E-state index contributed by atoms with van der Waals surface area (Å²) in [5, 5.41) is 3.62. The van der Waals surface area contributed by atoms with Crippen molar-refractivity contribution in [2.75, 3.05) is 72.6 Å². The predicted octanol–water partition coefficient (Wildman–Crippen LogP) is 1.32. The molecular formula is C18H36IN5O. The minimum Gasteiger partial charge on any atom is -0.381 e. The van der Waals surface area contributed by atoms with E-state index in [1.807, 2.05) is 7.05 Å². The van der Waals surface area contributed by atoms with Crippen molar-refractivity contribution in [3.63, 3.8) is 0 Å². The topological polar surface area (TPSA) is 43.3 Å². The van der Waals surface area contributed by atoms with Gasteiger partial charge in [-0.15, -0.1) is 24.0 Å². The van der Waals surface area contributed by atoms with Gasteiger partial charge in [-0.05, 0) is 26.3 Å². The molecule has 0 aromatic rings. The van der Waals surface area contributed by atoms with Gasteiger partial charge in [-0.3, -0.25) is 9.89 Å². The van der Waals surface area contributed by atoms with Crippen molar-refractivity contribution in [1.82, 2.24) is 20.0 Å². The van der Waals surface area contributed by atoms with Gasteiger partial charge in [-0.1, -0.05) is 6.92 Å². The minimum absolute atomic E-state index is 0. The summed E-state index contributed by atoms with van der Waals surface area (Å²) >= 11 is 0. The Morgan fingerprint density at radius 3 is 2.56 bits per heavy atom. The molecule has 6 nitrogen and oxygen atoms in total. The van der Waals surface area contributed by atoms with E-state index in [0.29, 0.717) is 11.5 Å². The Bertz CT molecular complexity index is 433. The molecule has 25 heavy (non-hydrogen) atoms. The van der Waals surface area contributed by atoms with E-state index in [-0.39, 0.29) is 24.0 Å². The van der Waals surface area contributed by atoms with Crippen molar-refractivity contribution in [1.29, 1.82) is 0 Å². The van der Waals surface area contributed by atoms with Crippen LogP contribution in [-0.4, -0.2) is 99.3 Å². The zero-order valence-corrected chi connectivity index (χ0v) is 18.5. The largest absolute Gasteiger partial charge is 0.381 e. The number of nitrogens with one attached hydrogen (secondary N) is 1. The lowest BCUT2D eigenvalue weighted by molar-refractivity contribution is 0.107. The highest BCUT2D eigenvalue weighted by atomic mass is 127. The summed E-state index contributed by atoms with van der Waals surface area (Å²) in [6.07, 6.45) is 2.45. The molecule has 1 spiro atoms. The van der Waals surface area contributed by atoms with Gasteiger partial charge in [0, 0.05) is 70.9 Å². The van der Waals surface area contributed by atoms with Crippen LogP contribution in [0.5, 0.6) is 0 Å². The van der Waals surface area contributed by atoms with E-state index in [4.69, 9.17) is 4.74 Å². The quantitative estimate of drug-likeness (QED) is 0.386. The molecule has 3 rings (SSSR count). The van der Waals surface area contributed by atoms with Crippen molar-refractivity contribution in [2.24, 2.45) is 10.4 Å². The summed E-state index contributed by atoms with van der Waals surface area (Å²) < 4.78 is 5.64. The van der Waals surface area contributed by atoms with E-state index in [0.717, 1.165) is 38.8 Å². The maximum absolute atomic E-state index is 5.64. The molecule has 3 saturated heterocycles. The molecule has 1 N–H and O–H groups in total. The van der Waals surface area contributed by atoms with Gasteiger partial charge in [0.1, 0.15) is 0 Å². The highest BCUT2D eigenvalue weighted by Crippen LogP contribution is 2.38. The lowest BCUT2D eigenvalue weighted by Crippen LogP contribution is -2.53. The molecular weight excluding hydrogens is 429 g/mol. The average molecular weight is 465 g/mol. The number of likely N-dealkylation sites (tertiary alicyclic amines) is 1. The Morgan fingerprint density at radius 2 is 1.96 bits per heavy atom. The SMILES string of the molecule is CCN1CCN(C(C)CNC(=NC)N2CCC3(CCOC3)C2)CC1.I. The second-order valence-corrected chi connectivity index (χ2v) is 7.72. The summed E-state index contributed by atoms with van der Waals surface area (Å²) in [5.74, 6) is 1.07. The van der Waals surface area contributed by atoms with Gasteiger partial charge in [0.25, 0.3) is 0 Å². The number of guanidine groups is 1. The summed E-state index contributed by atoms with van der Waals surface area (Å²) in [6, 6.07) is 0.548. The van der Waals surface area contributed by atoms with Crippen LogP contribution in [-0.2, 0) is 4.74 Å². The fourth-order valence-electron chi connectivity index (χ4n) is 4.31. The molecule has 0 aromatic heterocycles. The molecule has 0 saturated carbocycles. The van der Waals surface area contributed by atoms with E-state index < -0.39 is 0 Å². The zero-order chi connectivity index (χ0) is 17.0. The van der Waals surface area contributed by atoms with Crippen LogP contribution in [0.2, 0.25) is 0 Å². The van der Waals surface area contributed by atoms with Crippen LogP contribution < -0.4 is 5.32 Å². The number of rotatable bonds is 4. The lowest BCUT2D eigenvalue weighted by Gasteiger charge is -2.38. The Morgan fingerprint density at radius 1 is 1.20 bits per heavy atom. The van der Waals surface area contributed by atoms with E-state index in [2.05, 4.69) is 38.9 Å². The van der Waals surface area contributed by atoms with Crippen molar-refractivity contribution in [3.05, 3.63) is 0 Å². The van der Waals surface area contributed by atoms with Gasteiger partial charge < -0.3 is 19.9 Å². The standard InChI is InChI=1S/C18H35N5O.HI/c1-4-21-8-10-22(11-9-21)16(2)13-20-17(19-3)23-7-5-18(14-23)6-12-24-15-18;/h16H,4-15H2,1-3H3,(H,19,20);1H. The number of ether oxygens (including phenoxy) is 1. The Kier molecular flexibility index (Phi) is 8.23. The number of aliphatic imine (C=N–C) groups is 1. The molecule has 0 amide bonds. The van der Waals surface area contributed by atoms with Gasteiger partial charge in [0.05, 0.1) is 6.61 Å². The second kappa shape index (κ2) is 9.71.